The summed E-state index contributed by atoms with van der Waals surface area (Å²) in [5, 5.41) is 11.3. The smallest absolute Gasteiger partial charge is 0.119 e. The van der Waals surface area contributed by atoms with E-state index < -0.39 is 0 Å². The molecule has 0 fully saturated rings. The average molecular weight is 318 g/mol. The van der Waals surface area contributed by atoms with Gasteiger partial charge in [0.15, 0.2) is 0 Å². The Morgan fingerprint density at radius 1 is 1.16 bits per heavy atom. The minimum atomic E-state index is -0.332. The zero-order valence-electron chi connectivity index (χ0n) is 11.1. The highest BCUT2D eigenvalue weighted by molar-refractivity contribution is 9.10. The molecule has 0 aromatic heterocycles. The second-order valence-electron chi connectivity index (χ2n) is 5.25. The van der Waals surface area contributed by atoms with Crippen molar-refractivity contribution in [2.75, 3.05) is 6.61 Å². The molecule has 0 aliphatic rings. The minimum Gasteiger partial charge on any atom is -0.494 e. The van der Waals surface area contributed by atoms with Crippen LogP contribution >= 0.6 is 15.9 Å². The van der Waals surface area contributed by atoms with Crippen LogP contribution in [0.5, 0.6) is 5.75 Å². The van der Waals surface area contributed by atoms with Crippen LogP contribution in [0, 0.1) is 16.7 Å². The van der Waals surface area contributed by atoms with Crippen molar-refractivity contribution in [2.45, 2.75) is 20.3 Å². The van der Waals surface area contributed by atoms with Crippen LogP contribution in [0.2, 0.25) is 0 Å². The first-order chi connectivity index (χ1) is 9.00. The zero-order chi connectivity index (χ0) is 13.9. The van der Waals surface area contributed by atoms with Gasteiger partial charge in [-0.15, -0.1) is 0 Å². The van der Waals surface area contributed by atoms with Gasteiger partial charge in [-0.1, -0.05) is 28.1 Å². The van der Waals surface area contributed by atoms with Gasteiger partial charge in [0.25, 0.3) is 0 Å². The van der Waals surface area contributed by atoms with E-state index in [1.165, 1.54) is 5.39 Å². The molecule has 0 saturated carbocycles. The van der Waals surface area contributed by atoms with Crippen LogP contribution in [0.15, 0.2) is 40.9 Å². The Morgan fingerprint density at radius 2 is 1.84 bits per heavy atom. The van der Waals surface area contributed by atoms with Gasteiger partial charge in [-0.05, 0) is 55.3 Å². The van der Waals surface area contributed by atoms with Crippen LogP contribution in [0.4, 0.5) is 0 Å². The Balaban J connectivity index is 2.06. The molecule has 0 aliphatic carbocycles. The monoisotopic (exact) mass is 317 g/mol. The van der Waals surface area contributed by atoms with Crippen LogP contribution in [-0.2, 0) is 0 Å². The average Bonchev–Trinajstić information content (AvgIpc) is 2.39. The maximum Gasteiger partial charge on any atom is 0.119 e. The molecule has 0 aliphatic heterocycles. The molecular formula is C16H16BrNO. The molecular weight excluding hydrogens is 302 g/mol. The second kappa shape index (κ2) is 5.63. The molecule has 2 rings (SSSR count). The van der Waals surface area contributed by atoms with Crippen molar-refractivity contribution >= 4 is 26.7 Å². The topological polar surface area (TPSA) is 33.0 Å². The number of hydrogen-bond donors (Lipinski definition) is 0. The molecule has 0 heterocycles. The van der Waals surface area contributed by atoms with Crippen molar-refractivity contribution in [3.8, 4) is 11.8 Å². The predicted molar refractivity (Wildman–Crippen MR) is 81.2 cm³/mol. The summed E-state index contributed by atoms with van der Waals surface area (Å²) in [6.07, 6.45) is 0.724. The fourth-order valence-corrected chi connectivity index (χ4v) is 2.14. The lowest BCUT2D eigenvalue weighted by Crippen LogP contribution is -2.13. The standard InChI is InChI=1S/C16H16BrNO/c1-16(2,11-18)7-8-19-15-6-4-12-9-14(17)5-3-13(12)10-15/h3-6,9-10H,7-8H2,1-2H3. The maximum absolute atomic E-state index is 8.95. The molecule has 19 heavy (non-hydrogen) atoms. The summed E-state index contributed by atoms with van der Waals surface area (Å²) in [4.78, 5) is 0. The molecule has 2 nitrogen and oxygen atoms in total. The SMILES string of the molecule is CC(C)(C#N)CCOc1ccc2cc(Br)ccc2c1. The number of halogens is 1. The molecule has 3 heteroatoms. The van der Waals surface area contributed by atoms with Gasteiger partial charge < -0.3 is 4.74 Å². The lowest BCUT2D eigenvalue weighted by atomic mass is 9.92. The molecule has 0 saturated heterocycles. The summed E-state index contributed by atoms with van der Waals surface area (Å²) in [7, 11) is 0. The van der Waals surface area contributed by atoms with E-state index >= 15 is 0 Å². The third-order valence-corrected chi connectivity index (χ3v) is 3.57. The molecule has 0 atom stereocenters. The third-order valence-electron chi connectivity index (χ3n) is 3.07. The summed E-state index contributed by atoms with van der Waals surface area (Å²) < 4.78 is 6.79. The van der Waals surface area contributed by atoms with E-state index in [2.05, 4.69) is 34.1 Å². The van der Waals surface area contributed by atoms with E-state index in [-0.39, 0.29) is 5.41 Å². The first kappa shape index (κ1) is 13.9. The Bertz CT molecular complexity index is 628. The summed E-state index contributed by atoms with van der Waals surface area (Å²) >= 11 is 3.46. The molecule has 0 unspecified atom stereocenters. The number of rotatable bonds is 4. The number of fused-ring (bicyclic) bond motifs is 1. The van der Waals surface area contributed by atoms with Crippen molar-refractivity contribution < 1.29 is 4.74 Å². The normalized spacial score (nSPS) is 11.3. The van der Waals surface area contributed by atoms with Gasteiger partial charge in [-0.25, -0.2) is 0 Å². The third kappa shape index (κ3) is 3.71. The number of benzene rings is 2. The molecule has 0 N–H and O–H groups in total. The van der Waals surface area contributed by atoms with Crippen molar-refractivity contribution in [3.63, 3.8) is 0 Å². The van der Waals surface area contributed by atoms with Crippen LogP contribution in [0.1, 0.15) is 20.3 Å². The fraction of sp³-hybridized carbons (Fsp3) is 0.312. The fourth-order valence-electron chi connectivity index (χ4n) is 1.76. The second-order valence-corrected chi connectivity index (χ2v) is 6.16. The summed E-state index contributed by atoms with van der Waals surface area (Å²) in [5.74, 6) is 0.851. The molecule has 2 aromatic carbocycles. The van der Waals surface area contributed by atoms with Gasteiger partial charge in [0, 0.05) is 4.47 Å². The molecule has 0 radical (unpaired) electrons. The molecule has 2 aromatic rings. The van der Waals surface area contributed by atoms with E-state index in [9.17, 15) is 0 Å². The van der Waals surface area contributed by atoms with E-state index in [0.29, 0.717) is 6.61 Å². The van der Waals surface area contributed by atoms with E-state index in [1.807, 2.05) is 38.1 Å². The predicted octanol–water partition coefficient (Wildman–Crippen LogP) is 4.92. The maximum atomic E-state index is 8.95. The highest BCUT2D eigenvalue weighted by atomic mass is 79.9. The number of nitrogens with zero attached hydrogens (tertiary/aromatic N) is 1. The summed E-state index contributed by atoms with van der Waals surface area (Å²) in [5.41, 5.74) is -0.332. The van der Waals surface area contributed by atoms with Gasteiger partial charge in [-0.3, -0.25) is 0 Å². The molecule has 98 valence electrons. The van der Waals surface area contributed by atoms with Gasteiger partial charge >= 0.3 is 0 Å². The number of ether oxygens (including phenoxy) is 1. The quantitative estimate of drug-likeness (QED) is 0.801. The van der Waals surface area contributed by atoms with Crippen LogP contribution in [0.25, 0.3) is 10.8 Å². The highest BCUT2D eigenvalue weighted by Gasteiger charge is 2.16. The largest absolute Gasteiger partial charge is 0.494 e. The molecule has 0 spiro atoms. The van der Waals surface area contributed by atoms with Crippen LogP contribution in [-0.4, -0.2) is 6.61 Å². The van der Waals surface area contributed by atoms with Gasteiger partial charge in [-0.2, -0.15) is 5.26 Å². The van der Waals surface area contributed by atoms with Crippen molar-refractivity contribution in [1.82, 2.24) is 0 Å². The van der Waals surface area contributed by atoms with Crippen molar-refractivity contribution in [2.24, 2.45) is 5.41 Å². The minimum absolute atomic E-state index is 0.332. The molecule has 0 amide bonds. The zero-order valence-corrected chi connectivity index (χ0v) is 12.7. The summed E-state index contributed by atoms with van der Waals surface area (Å²) in [6.45, 7) is 4.41. The van der Waals surface area contributed by atoms with Crippen molar-refractivity contribution in [1.29, 1.82) is 5.26 Å². The van der Waals surface area contributed by atoms with Crippen LogP contribution < -0.4 is 4.74 Å². The highest BCUT2D eigenvalue weighted by Crippen LogP contribution is 2.25. The van der Waals surface area contributed by atoms with E-state index in [1.54, 1.807) is 0 Å². The summed E-state index contributed by atoms with van der Waals surface area (Å²) in [6, 6.07) is 14.5. The lowest BCUT2D eigenvalue weighted by Gasteiger charge is -2.15. The van der Waals surface area contributed by atoms with E-state index in [4.69, 9.17) is 10.00 Å². The Kier molecular flexibility index (Phi) is 4.11. The van der Waals surface area contributed by atoms with Gasteiger partial charge in [0.05, 0.1) is 18.1 Å². The lowest BCUT2D eigenvalue weighted by molar-refractivity contribution is 0.264. The van der Waals surface area contributed by atoms with Crippen LogP contribution in [0.3, 0.4) is 0 Å². The number of nitriles is 1. The van der Waals surface area contributed by atoms with E-state index in [0.717, 1.165) is 22.0 Å². The Morgan fingerprint density at radius 3 is 2.58 bits per heavy atom. The van der Waals surface area contributed by atoms with Gasteiger partial charge in [0.2, 0.25) is 0 Å². The number of hydrogen-bond acceptors (Lipinski definition) is 2. The first-order valence-corrected chi connectivity index (χ1v) is 7.03. The van der Waals surface area contributed by atoms with Gasteiger partial charge in [0.1, 0.15) is 5.75 Å². The van der Waals surface area contributed by atoms with Crippen molar-refractivity contribution in [3.05, 3.63) is 40.9 Å². The Hall–Kier alpha value is -1.53. The first-order valence-electron chi connectivity index (χ1n) is 6.24. The molecule has 0 bridgehead atoms. The Labute approximate surface area is 122 Å².